The van der Waals surface area contributed by atoms with E-state index in [0.717, 1.165) is 13.2 Å². The molecule has 3 rings (SSSR count). The van der Waals surface area contributed by atoms with Crippen molar-refractivity contribution in [2.45, 2.75) is 65.4 Å². The number of ether oxygens (including phenoxy) is 1. The van der Waals surface area contributed by atoms with Crippen LogP contribution in [0.5, 0.6) is 0 Å². The standard InChI is InChI=1S/C18H26O/c1-10-8-19-9-14-7-15-17(12(3)16(10)14)11(2)13(4)18(15,5)6/h7,10-11,13H,8-9H2,1-6H3. The fourth-order valence-electron chi connectivity index (χ4n) is 4.39. The van der Waals surface area contributed by atoms with Crippen LogP contribution in [-0.4, -0.2) is 6.61 Å². The van der Waals surface area contributed by atoms with Crippen molar-refractivity contribution >= 4 is 0 Å². The summed E-state index contributed by atoms with van der Waals surface area (Å²) in [7, 11) is 0. The molecule has 1 nitrogen and oxygen atoms in total. The second kappa shape index (κ2) is 4.09. The molecule has 1 heterocycles. The zero-order valence-corrected chi connectivity index (χ0v) is 13.1. The minimum absolute atomic E-state index is 0.287. The Kier molecular flexibility index (Phi) is 2.83. The van der Waals surface area contributed by atoms with Crippen LogP contribution in [0.25, 0.3) is 0 Å². The number of hydrogen-bond donors (Lipinski definition) is 0. The normalized spacial score (nSPS) is 32.0. The van der Waals surface area contributed by atoms with Crippen molar-refractivity contribution < 1.29 is 4.74 Å². The third kappa shape index (κ3) is 1.64. The summed E-state index contributed by atoms with van der Waals surface area (Å²) in [5, 5.41) is 0. The molecule has 0 bridgehead atoms. The molecule has 0 aromatic heterocycles. The molecule has 1 aromatic rings. The summed E-state index contributed by atoms with van der Waals surface area (Å²) in [5.74, 6) is 1.92. The molecule has 0 N–H and O–H groups in total. The van der Waals surface area contributed by atoms with Crippen molar-refractivity contribution in [2.75, 3.05) is 6.61 Å². The quantitative estimate of drug-likeness (QED) is 0.657. The number of hydrogen-bond acceptors (Lipinski definition) is 1. The van der Waals surface area contributed by atoms with E-state index in [0.29, 0.717) is 17.8 Å². The lowest BCUT2D eigenvalue weighted by atomic mass is 9.77. The summed E-state index contributed by atoms with van der Waals surface area (Å²) in [6.07, 6.45) is 0. The summed E-state index contributed by atoms with van der Waals surface area (Å²) in [6, 6.07) is 2.45. The summed E-state index contributed by atoms with van der Waals surface area (Å²) >= 11 is 0. The van der Waals surface area contributed by atoms with Crippen LogP contribution in [0.3, 0.4) is 0 Å². The molecule has 19 heavy (non-hydrogen) atoms. The Balaban J connectivity index is 2.28. The second-order valence-corrected chi connectivity index (χ2v) is 7.25. The van der Waals surface area contributed by atoms with Crippen LogP contribution in [0.2, 0.25) is 0 Å². The highest BCUT2D eigenvalue weighted by molar-refractivity contribution is 5.54. The van der Waals surface area contributed by atoms with Gasteiger partial charge in [0.05, 0.1) is 13.2 Å². The van der Waals surface area contributed by atoms with E-state index >= 15 is 0 Å². The Morgan fingerprint density at radius 3 is 2.53 bits per heavy atom. The molecule has 1 heteroatoms. The van der Waals surface area contributed by atoms with Crippen LogP contribution in [0.15, 0.2) is 6.07 Å². The fraction of sp³-hybridized carbons (Fsp3) is 0.667. The van der Waals surface area contributed by atoms with Gasteiger partial charge in [0, 0.05) is 5.92 Å². The lowest BCUT2D eigenvalue weighted by Crippen LogP contribution is -2.23. The Morgan fingerprint density at radius 2 is 1.84 bits per heavy atom. The van der Waals surface area contributed by atoms with Gasteiger partial charge < -0.3 is 4.74 Å². The van der Waals surface area contributed by atoms with Gasteiger partial charge >= 0.3 is 0 Å². The SMILES string of the molecule is Cc1c2c(cc3c1C(C)C(C)C3(C)C)COCC2C. The van der Waals surface area contributed by atoms with Crippen molar-refractivity contribution in [3.05, 3.63) is 33.9 Å². The van der Waals surface area contributed by atoms with E-state index in [2.05, 4.69) is 47.6 Å². The highest BCUT2D eigenvalue weighted by atomic mass is 16.5. The number of fused-ring (bicyclic) bond motifs is 2. The van der Waals surface area contributed by atoms with Gasteiger partial charge in [0.1, 0.15) is 0 Å². The molecule has 1 aromatic carbocycles. The Labute approximate surface area is 117 Å². The smallest absolute Gasteiger partial charge is 0.0720 e. The van der Waals surface area contributed by atoms with Gasteiger partial charge in [-0.1, -0.05) is 40.7 Å². The molecule has 0 spiro atoms. The van der Waals surface area contributed by atoms with Gasteiger partial charge in [0.15, 0.2) is 0 Å². The van der Waals surface area contributed by atoms with Crippen LogP contribution >= 0.6 is 0 Å². The predicted octanol–water partition coefficient (Wildman–Crippen LogP) is 4.66. The van der Waals surface area contributed by atoms with Crippen LogP contribution in [-0.2, 0) is 16.8 Å². The molecule has 2 aliphatic rings. The van der Waals surface area contributed by atoms with Gasteiger partial charge in [-0.2, -0.15) is 0 Å². The van der Waals surface area contributed by atoms with Crippen LogP contribution in [0.4, 0.5) is 0 Å². The summed E-state index contributed by atoms with van der Waals surface area (Å²) < 4.78 is 5.74. The highest BCUT2D eigenvalue weighted by Crippen LogP contribution is 2.53. The number of rotatable bonds is 0. The first-order chi connectivity index (χ1) is 8.85. The van der Waals surface area contributed by atoms with Crippen LogP contribution < -0.4 is 0 Å². The second-order valence-electron chi connectivity index (χ2n) is 7.25. The molecule has 3 atom stereocenters. The fourth-order valence-corrected chi connectivity index (χ4v) is 4.39. The molecule has 0 saturated heterocycles. The molecule has 0 saturated carbocycles. The Bertz CT molecular complexity index is 527. The van der Waals surface area contributed by atoms with Gasteiger partial charge in [0.25, 0.3) is 0 Å². The van der Waals surface area contributed by atoms with Crippen molar-refractivity contribution in [1.29, 1.82) is 0 Å². The molecular formula is C18H26O. The van der Waals surface area contributed by atoms with E-state index in [1.807, 2.05) is 0 Å². The first-order valence-corrected chi connectivity index (χ1v) is 7.60. The van der Waals surface area contributed by atoms with E-state index in [1.54, 1.807) is 22.3 Å². The molecule has 0 fully saturated rings. The lowest BCUT2D eigenvalue weighted by Gasteiger charge is -2.29. The number of benzene rings is 1. The van der Waals surface area contributed by atoms with Crippen molar-refractivity contribution in [2.24, 2.45) is 5.92 Å². The highest BCUT2D eigenvalue weighted by Gasteiger charge is 2.43. The van der Waals surface area contributed by atoms with Crippen molar-refractivity contribution in [3.63, 3.8) is 0 Å². The monoisotopic (exact) mass is 258 g/mol. The van der Waals surface area contributed by atoms with E-state index in [-0.39, 0.29) is 5.41 Å². The average molecular weight is 258 g/mol. The summed E-state index contributed by atoms with van der Waals surface area (Å²) in [5.41, 5.74) is 8.04. The van der Waals surface area contributed by atoms with Crippen LogP contribution in [0, 0.1) is 12.8 Å². The van der Waals surface area contributed by atoms with Gasteiger partial charge in [-0.3, -0.25) is 0 Å². The van der Waals surface area contributed by atoms with E-state index in [1.165, 1.54) is 5.56 Å². The molecule has 3 unspecified atom stereocenters. The summed E-state index contributed by atoms with van der Waals surface area (Å²) in [6.45, 7) is 15.9. The minimum Gasteiger partial charge on any atom is -0.376 e. The Morgan fingerprint density at radius 1 is 1.16 bits per heavy atom. The Hall–Kier alpha value is -0.820. The average Bonchev–Trinajstić information content (AvgIpc) is 2.52. The lowest BCUT2D eigenvalue weighted by molar-refractivity contribution is 0.0946. The zero-order chi connectivity index (χ0) is 13.9. The zero-order valence-electron chi connectivity index (χ0n) is 13.1. The molecule has 0 amide bonds. The third-order valence-electron chi connectivity index (χ3n) is 5.92. The molecular weight excluding hydrogens is 232 g/mol. The van der Waals surface area contributed by atoms with E-state index in [9.17, 15) is 0 Å². The molecule has 1 aliphatic heterocycles. The topological polar surface area (TPSA) is 9.23 Å². The van der Waals surface area contributed by atoms with Crippen LogP contribution in [0.1, 0.15) is 74.3 Å². The maximum absolute atomic E-state index is 5.74. The predicted molar refractivity (Wildman–Crippen MR) is 79.9 cm³/mol. The molecule has 1 aliphatic carbocycles. The van der Waals surface area contributed by atoms with Gasteiger partial charge in [-0.15, -0.1) is 0 Å². The van der Waals surface area contributed by atoms with Gasteiger partial charge in [-0.05, 0) is 52.0 Å². The maximum atomic E-state index is 5.74. The first-order valence-electron chi connectivity index (χ1n) is 7.60. The van der Waals surface area contributed by atoms with Gasteiger partial charge in [0.2, 0.25) is 0 Å². The van der Waals surface area contributed by atoms with E-state index < -0.39 is 0 Å². The molecule has 0 radical (unpaired) electrons. The maximum Gasteiger partial charge on any atom is 0.0720 e. The summed E-state index contributed by atoms with van der Waals surface area (Å²) in [4.78, 5) is 0. The molecule has 104 valence electrons. The van der Waals surface area contributed by atoms with E-state index in [4.69, 9.17) is 4.74 Å². The first kappa shape index (κ1) is 13.2. The van der Waals surface area contributed by atoms with Crippen molar-refractivity contribution in [3.8, 4) is 0 Å². The van der Waals surface area contributed by atoms with Gasteiger partial charge in [-0.25, -0.2) is 0 Å². The third-order valence-corrected chi connectivity index (χ3v) is 5.92. The minimum atomic E-state index is 0.287. The van der Waals surface area contributed by atoms with Crippen molar-refractivity contribution in [1.82, 2.24) is 0 Å². The largest absolute Gasteiger partial charge is 0.376 e.